The summed E-state index contributed by atoms with van der Waals surface area (Å²) in [4.78, 5) is 12.6. The fraction of sp³-hybridized carbons (Fsp3) is 0.529. The molecular weight excluding hydrogens is 282 g/mol. The molecule has 3 nitrogen and oxygen atoms in total. The van der Waals surface area contributed by atoms with Gasteiger partial charge in [-0.3, -0.25) is 4.79 Å². The molecule has 1 aromatic rings. The molecule has 0 aliphatic carbocycles. The quantitative estimate of drug-likeness (QED) is 0.546. The van der Waals surface area contributed by atoms with Crippen LogP contribution in [0.1, 0.15) is 50.0 Å². The molecule has 0 saturated heterocycles. The van der Waals surface area contributed by atoms with Gasteiger partial charge in [-0.25, -0.2) is 0 Å². The van der Waals surface area contributed by atoms with Crippen molar-refractivity contribution in [2.24, 2.45) is 5.92 Å². The lowest BCUT2D eigenvalue weighted by Gasteiger charge is -2.16. The zero-order valence-electron chi connectivity index (χ0n) is 13.3. The third-order valence-corrected chi connectivity index (χ3v) is 3.80. The fourth-order valence-electron chi connectivity index (χ4n) is 2.02. The number of carbonyl (C=O) groups excluding carboxylic acids is 1. The van der Waals surface area contributed by atoms with E-state index in [1.54, 1.807) is 6.07 Å². The Morgan fingerprint density at radius 3 is 2.52 bits per heavy atom. The summed E-state index contributed by atoms with van der Waals surface area (Å²) >= 11 is 1.05. The van der Waals surface area contributed by atoms with E-state index in [1.165, 1.54) is 0 Å². The van der Waals surface area contributed by atoms with Crippen LogP contribution in [0.5, 0.6) is 5.75 Å². The number of thiocyanates is 1. The molecule has 0 N–H and O–H groups in total. The lowest BCUT2D eigenvalue weighted by atomic mass is 9.99. The van der Waals surface area contributed by atoms with Gasteiger partial charge in [0.2, 0.25) is 0 Å². The van der Waals surface area contributed by atoms with Crippen LogP contribution in [0.25, 0.3) is 0 Å². The van der Waals surface area contributed by atoms with Crippen molar-refractivity contribution in [2.45, 2.75) is 52.4 Å². The van der Waals surface area contributed by atoms with E-state index in [9.17, 15) is 4.79 Å². The number of nitriles is 1. The van der Waals surface area contributed by atoms with E-state index in [2.05, 4.69) is 13.8 Å². The number of benzene rings is 1. The van der Waals surface area contributed by atoms with E-state index in [1.807, 2.05) is 38.3 Å². The van der Waals surface area contributed by atoms with Gasteiger partial charge < -0.3 is 4.74 Å². The van der Waals surface area contributed by atoms with Gasteiger partial charge in [-0.1, -0.05) is 26.0 Å². The molecule has 21 heavy (non-hydrogen) atoms. The molecule has 0 fully saturated rings. The molecule has 1 aromatic carbocycles. The number of thioether (sulfide) groups is 1. The van der Waals surface area contributed by atoms with Crippen molar-refractivity contribution in [3.63, 3.8) is 0 Å². The topological polar surface area (TPSA) is 50.1 Å². The normalized spacial score (nSPS) is 12.3. The summed E-state index contributed by atoms with van der Waals surface area (Å²) in [5.41, 5.74) is 1.62. The first kappa shape index (κ1) is 17.6. The Kier molecular flexibility index (Phi) is 6.77. The van der Waals surface area contributed by atoms with Crippen LogP contribution in [-0.2, 0) is 0 Å². The molecule has 0 saturated carbocycles. The number of aryl methyl sites for hydroxylation is 1. The maximum atomic E-state index is 12.6. The van der Waals surface area contributed by atoms with Gasteiger partial charge >= 0.3 is 0 Å². The molecule has 0 radical (unpaired) electrons. The number of ether oxygens (including phenoxy) is 1. The largest absolute Gasteiger partial charge is 0.491 e. The average molecular weight is 305 g/mol. The van der Waals surface area contributed by atoms with Crippen LogP contribution >= 0.6 is 11.8 Å². The highest BCUT2D eigenvalue weighted by molar-refractivity contribution is 8.05. The van der Waals surface area contributed by atoms with E-state index < -0.39 is 0 Å². The summed E-state index contributed by atoms with van der Waals surface area (Å²) in [6.45, 7) is 9.99. The first-order chi connectivity index (χ1) is 9.85. The highest BCUT2D eigenvalue weighted by Gasteiger charge is 2.23. The highest BCUT2D eigenvalue weighted by atomic mass is 32.2. The lowest BCUT2D eigenvalue weighted by Crippen LogP contribution is -2.19. The number of hydrogen-bond acceptors (Lipinski definition) is 4. The summed E-state index contributed by atoms with van der Waals surface area (Å²) in [5, 5.41) is 10.6. The summed E-state index contributed by atoms with van der Waals surface area (Å²) < 4.78 is 5.73. The van der Waals surface area contributed by atoms with Crippen molar-refractivity contribution in [2.75, 3.05) is 0 Å². The van der Waals surface area contributed by atoms with E-state index >= 15 is 0 Å². The third kappa shape index (κ3) is 5.43. The van der Waals surface area contributed by atoms with Gasteiger partial charge in [0.15, 0.2) is 5.78 Å². The smallest absolute Gasteiger partial charge is 0.177 e. The van der Waals surface area contributed by atoms with Crippen molar-refractivity contribution in [1.29, 1.82) is 5.26 Å². The molecule has 1 unspecified atom stereocenters. The Morgan fingerprint density at radius 2 is 2.00 bits per heavy atom. The minimum absolute atomic E-state index is 0.00357. The third-order valence-electron chi connectivity index (χ3n) is 3.01. The van der Waals surface area contributed by atoms with Gasteiger partial charge in [-0.2, -0.15) is 5.26 Å². The molecule has 0 aliphatic heterocycles. The van der Waals surface area contributed by atoms with E-state index in [0.29, 0.717) is 17.9 Å². The van der Waals surface area contributed by atoms with Crippen molar-refractivity contribution >= 4 is 17.5 Å². The van der Waals surface area contributed by atoms with Gasteiger partial charge in [0.05, 0.1) is 11.4 Å². The van der Waals surface area contributed by atoms with Crippen molar-refractivity contribution < 1.29 is 9.53 Å². The Hall–Kier alpha value is -1.47. The Balaban J connectivity index is 3.02. The predicted molar refractivity (Wildman–Crippen MR) is 87.7 cm³/mol. The summed E-state index contributed by atoms with van der Waals surface area (Å²) in [6, 6.07) is 5.51. The maximum absolute atomic E-state index is 12.6. The lowest BCUT2D eigenvalue weighted by molar-refractivity contribution is 0.0982. The zero-order valence-corrected chi connectivity index (χ0v) is 14.2. The van der Waals surface area contributed by atoms with Gasteiger partial charge in [-0.15, -0.1) is 0 Å². The summed E-state index contributed by atoms with van der Waals surface area (Å²) in [7, 11) is 0. The zero-order chi connectivity index (χ0) is 16.0. The van der Waals surface area contributed by atoms with Gasteiger partial charge in [0.1, 0.15) is 11.2 Å². The van der Waals surface area contributed by atoms with E-state index in [4.69, 9.17) is 10.00 Å². The molecule has 0 spiro atoms. The molecule has 1 rings (SSSR count). The Morgan fingerprint density at radius 1 is 1.33 bits per heavy atom. The standard InChI is InChI=1S/C17H23NO2S/c1-11(2)8-16(21-10-18)17(19)14-7-6-13(5)15(9-14)20-12(3)4/h6-7,9,11-12,16H,8H2,1-5H3. The minimum Gasteiger partial charge on any atom is -0.491 e. The molecule has 0 aromatic heterocycles. The molecule has 1 atom stereocenters. The molecule has 114 valence electrons. The minimum atomic E-state index is -0.315. The van der Waals surface area contributed by atoms with Crippen LogP contribution in [0, 0.1) is 23.5 Å². The highest BCUT2D eigenvalue weighted by Crippen LogP contribution is 2.26. The molecule has 0 bridgehead atoms. The second kappa shape index (κ2) is 8.09. The summed E-state index contributed by atoms with van der Waals surface area (Å²) in [5.74, 6) is 1.11. The van der Waals surface area contributed by atoms with Crippen molar-refractivity contribution in [3.8, 4) is 11.2 Å². The number of nitrogens with zero attached hydrogens (tertiary/aromatic N) is 1. The second-order valence-corrected chi connectivity index (χ2v) is 6.83. The second-order valence-electron chi connectivity index (χ2n) is 5.84. The maximum Gasteiger partial charge on any atom is 0.177 e. The number of carbonyl (C=O) groups is 1. The van der Waals surface area contributed by atoms with Crippen LogP contribution in [0.3, 0.4) is 0 Å². The Bertz CT molecular complexity index is 532. The van der Waals surface area contributed by atoms with Crippen LogP contribution in [0.2, 0.25) is 0 Å². The van der Waals surface area contributed by atoms with E-state index in [-0.39, 0.29) is 17.1 Å². The molecule has 0 heterocycles. The van der Waals surface area contributed by atoms with Crippen LogP contribution in [0.4, 0.5) is 0 Å². The first-order valence-electron chi connectivity index (χ1n) is 7.21. The fourth-order valence-corrected chi connectivity index (χ4v) is 2.87. The number of Topliss-reactive ketones (excluding diaryl/α,β-unsaturated/α-hetero) is 1. The van der Waals surface area contributed by atoms with Crippen molar-refractivity contribution in [1.82, 2.24) is 0 Å². The molecule has 0 amide bonds. The summed E-state index contributed by atoms with van der Waals surface area (Å²) in [6.07, 6.45) is 0.764. The SMILES string of the molecule is Cc1ccc(C(=O)C(CC(C)C)SC#N)cc1OC(C)C. The van der Waals surface area contributed by atoms with Gasteiger partial charge in [0, 0.05) is 5.56 Å². The first-order valence-corrected chi connectivity index (χ1v) is 8.09. The predicted octanol–water partition coefficient (Wildman–Crippen LogP) is 4.59. The molecule has 4 heteroatoms. The van der Waals surface area contributed by atoms with Gasteiger partial charge in [-0.05, 0) is 56.5 Å². The number of rotatable bonds is 7. The monoisotopic (exact) mass is 305 g/mol. The van der Waals surface area contributed by atoms with E-state index in [0.717, 1.165) is 23.1 Å². The van der Waals surface area contributed by atoms with Crippen LogP contribution in [0.15, 0.2) is 18.2 Å². The van der Waals surface area contributed by atoms with Crippen molar-refractivity contribution in [3.05, 3.63) is 29.3 Å². The number of ketones is 1. The van der Waals surface area contributed by atoms with Crippen LogP contribution < -0.4 is 4.74 Å². The van der Waals surface area contributed by atoms with Gasteiger partial charge in [0.25, 0.3) is 0 Å². The Labute approximate surface area is 131 Å². The number of hydrogen-bond donors (Lipinski definition) is 0. The molecule has 0 aliphatic rings. The van der Waals surface area contributed by atoms with Crippen LogP contribution in [-0.4, -0.2) is 17.1 Å². The average Bonchev–Trinajstić information content (AvgIpc) is 2.39. The molecular formula is C17H23NO2S.